The summed E-state index contributed by atoms with van der Waals surface area (Å²) in [5, 5.41) is 0. The zero-order valence-corrected chi connectivity index (χ0v) is 13.6. The highest BCUT2D eigenvalue weighted by molar-refractivity contribution is 5.83. The first-order valence-electron chi connectivity index (χ1n) is 7.56. The van der Waals surface area contributed by atoms with Crippen LogP contribution in [-0.2, 0) is 7.05 Å². The van der Waals surface area contributed by atoms with Crippen LogP contribution in [-0.4, -0.2) is 4.98 Å². The topological polar surface area (TPSA) is 16.8 Å². The first-order chi connectivity index (χ1) is 10.6. The lowest BCUT2D eigenvalue weighted by molar-refractivity contribution is -0.660. The van der Waals surface area contributed by atoms with Gasteiger partial charge in [-0.2, -0.15) is 0 Å². The minimum atomic E-state index is 1.19. The van der Waals surface area contributed by atoms with Gasteiger partial charge in [0.25, 0.3) is 0 Å². The van der Waals surface area contributed by atoms with E-state index < -0.39 is 0 Å². The van der Waals surface area contributed by atoms with Crippen molar-refractivity contribution in [1.82, 2.24) is 4.98 Å². The fourth-order valence-electron chi connectivity index (χ4n) is 3.13. The zero-order valence-electron chi connectivity index (χ0n) is 13.6. The van der Waals surface area contributed by atoms with Crippen molar-refractivity contribution in [2.24, 2.45) is 7.05 Å². The Labute approximate surface area is 132 Å². The van der Waals surface area contributed by atoms with Gasteiger partial charge in [0.1, 0.15) is 7.05 Å². The largest absolute Gasteiger partial charge is 0.264 e. The normalized spacial score (nSPS) is 10.7. The Morgan fingerprint density at radius 3 is 2.23 bits per heavy atom. The highest BCUT2D eigenvalue weighted by Crippen LogP contribution is 2.34. The van der Waals surface area contributed by atoms with Gasteiger partial charge in [0, 0.05) is 18.5 Å². The second kappa shape index (κ2) is 5.72. The second-order valence-electron chi connectivity index (χ2n) is 5.84. The molecule has 0 aliphatic carbocycles. The van der Waals surface area contributed by atoms with Gasteiger partial charge >= 0.3 is 0 Å². The third-order valence-electron chi connectivity index (χ3n) is 4.21. The van der Waals surface area contributed by atoms with Crippen LogP contribution in [0.5, 0.6) is 0 Å². The van der Waals surface area contributed by atoms with Crippen LogP contribution in [0.3, 0.4) is 0 Å². The third-order valence-corrected chi connectivity index (χ3v) is 4.21. The van der Waals surface area contributed by atoms with Crippen LogP contribution in [0.1, 0.15) is 16.7 Å². The zero-order chi connectivity index (χ0) is 15.7. The predicted octanol–water partition coefficient (Wildman–Crippen LogP) is 4.17. The van der Waals surface area contributed by atoms with E-state index in [4.69, 9.17) is 0 Å². The van der Waals surface area contributed by atoms with Crippen molar-refractivity contribution in [3.63, 3.8) is 0 Å². The van der Waals surface area contributed by atoms with Crippen LogP contribution < -0.4 is 4.57 Å². The maximum absolute atomic E-state index is 4.23. The summed E-state index contributed by atoms with van der Waals surface area (Å²) >= 11 is 0. The van der Waals surface area contributed by atoms with Crippen molar-refractivity contribution in [2.45, 2.75) is 20.8 Å². The van der Waals surface area contributed by atoms with Crippen LogP contribution in [0.25, 0.3) is 22.4 Å². The molecule has 0 N–H and O–H groups in total. The number of rotatable bonds is 2. The smallest absolute Gasteiger partial charge is 0.220 e. The van der Waals surface area contributed by atoms with E-state index in [1.54, 1.807) is 0 Å². The average molecular weight is 289 g/mol. The highest BCUT2D eigenvalue weighted by atomic mass is 14.9. The number of benzene rings is 1. The molecule has 110 valence electrons. The van der Waals surface area contributed by atoms with Gasteiger partial charge in [0.05, 0.1) is 11.1 Å². The lowest BCUT2D eigenvalue weighted by Gasteiger charge is -2.13. The van der Waals surface area contributed by atoms with E-state index in [2.05, 4.69) is 80.0 Å². The van der Waals surface area contributed by atoms with Crippen molar-refractivity contribution < 1.29 is 4.57 Å². The molecule has 2 heterocycles. The molecular weight excluding hydrogens is 268 g/mol. The SMILES string of the molecule is Cc1cnccc1-c1c(-c2c(C)cccc2C)ccc[n+]1C. The molecule has 22 heavy (non-hydrogen) atoms. The molecule has 0 aliphatic rings. The monoisotopic (exact) mass is 289 g/mol. The van der Waals surface area contributed by atoms with Crippen molar-refractivity contribution in [2.75, 3.05) is 0 Å². The predicted molar refractivity (Wildman–Crippen MR) is 90.5 cm³/mol. The molecule has 3 aromatic rings. The summed E-state index contributed by atoms with van der Waals surface area (Å²) in [5.74, 6) is 0. The van der Waals surface area contributed by atoms with Crippen LogP contribution in [0.4, 0.5) is 0 Å². The summed E-state index contributed by atoms with van der Waals surface area (Å²) in [6.45, 7) is 6.47. The molecule has 0 radical (unpaired) electrons. The maximum Gasteiger partial charge on any atom is 0.220 e. The molecule has 0 amide bonds. The number of hydrogen-bond acceptors (Lipinski definition) is 1. The van der Waals surface area contributed by atoms with E-state index in [0.29, 0.717) is 0 Å². The Morgan fingerprint density at radius 2 is 1.55 bits per heavy atom. The van der Waals surface area contributed by atoms with Crippen molar-refractivity contribution in [1.29, 1.82) is 0 Å². The van der Waals surface area contributed by atoms with Crippen molar-refractivity contribution >= 4 is 0 Å². The molecule has 0 aliphatic heterocycles. The third kappa shape index (κ3) is 2.41. The number of hydrogen-bond donors (Lipinski definition) is 0. The molecule has 0 saturated heterocycles. The molecule has 0 atom stereocenters. The lowest BCUT2D eigenvalue weighted by Crippen LogP contribution is -2.31. The van der Waals surface area contributed by atoms with Crippen LogP contribution in [0.2, 0.25) is 0 Å². The van der Waals surface area contributed by atoms with Crippen molar-refractivity contribution in [3.05, 3.63) is 71.7 Å². The van der Waals surface area contributed by atoms with Gasteiger partial charge in [-0.05, 0) is 55.2 Å². The van der Waals surface area contributed by atoms with E-state index in [1.807, 2.05) is 12.4 Å². The van der Waals surface area contributed by atoms with Gasteiger partial charge in [-0.1, -0.05) is 18.2 Å². The van der Waals surface area contributed by atoms with Gasteiger partial charge in [-0.25, -0.2) is 4.57 Å². The van der Waals surface area contributed by atoms with E-state index >= 15 is 0 Å². The molecule has 2 nitrogen and oxygen atoms in total. The molecule has 3 rings (SSSR count). The highest BCUT2D eigenvalue weighted by Gasteiger charge is 2.20. The molecule has 0 fully saturated rings. The molecular formula is C20H21N2+. The van der Waals surface area contributed by atoms with Gasteiger partial charge < -0.3 is 0 Å². The standard InChI is InChI=1S/C20H21N2/c1-14-7-5-8-15(2)19(14)18-9-6-12-22(4)20(18)17-10-11-21-13-16(17)3/h5-13H,1-4H3/q+1. The first-order valence-corrected chi connectivity index (χ1v) is 7.56. The van der Waals surface area contributed by atoms with Crippen LogP contribution in [0, 0.1) is 20.8 Å². The summed E-state index contributed by atoms with van der Waals surface area (Å²) in [5.41, 5.74) is 8.87. The summed E-state index contributed by atoms with van der Waals surface area (Å²) in [6, 6.07) is 12.9. The van der Waals surface area contributed by atoms with Gasteiger partial charge in [0.2, 0.25) is 5.69 Å². The van der Waals surface area contributed by atoms with Gasteiger partial charge in [0.15, 0.2) is 6.20 Å². The fourth-order valence-corrected chi connectivity index (χ4v) is 3.13. The molecule has 2 aromatic heterocycles. The Kier molecular flexibility index (Phi) is 3.76. The number of nitrogens with zero attached hydrogens (tertiary/aromatic N) is 2. The fraction of sp³-hybridized carbons (Fsp3) is 0.200. The number of pyridine rings is 2. The lowest BCUT2D eigenvalue weighted by atomic mass is 9.91. The average Bonchev–Trinajstić information content (AvgIpc) is 2.48. The molecule has 1 aromatic carbocycles. The number of aryl methyl sites for hydroxylation is 4. The Balaban J connectivity index is 2.36. The molecule has 0 saturated carbocycles. The van der Waals surface area contributed by atoms with Gasteiger partial charge in [-0.15, -0.1) is 0 Å². The van der Waals surface area contributed by atoms with Crippen LogP contribution in [0.15, 0.2) is 55.0 Å². The molecule has 0 unspecified atom stereocenters. The minimum Gasteiger partial charge on any atom is -0.264 e. The minimum absolute atomic E-state index is 1.19. The number of aromatic nitrogens is 2. The molecule has 2 heteroatoms. The summed E-state index contributed by atoms with van der Waals surface area (Å²) < 4.78 is 2.20. The van der Waals surface area contributed by atoms with E-state index in [9.17, 15) is 0 Å². The molecule has 0 spiro atoms. The second-order valence-corrected chi connectivity index (χ2v) is 5.84. The van der Waals surface area contributed by atoms with E-state index in [0.717, 1.165) is 0 Å². The quantitative estimate of drug-likeness (QED) is 0.647. The summed E-state index contributed by atoms with van der Waals surface area (Å²) in [7, 11) is 2.10. The van der Waals surface area contributed by atoms with E-state index in [-0.39, 0.29) is 0 Å². The first kappa shape index (κ1) is 14.5. The van der Waals surface area contributed by atoms with E-state index in [1.165, 1.54) is 39.1 Å². The summed E-state index contributed by atoms with van der Waals surface area (Å²) in [4.78, 5) is 4.23. The van der Waals surface area contributed by atoms with Crippen molar-refractivity contribution in [3.8, 4) is 22.4 Å². The van der Waals surface area contributed by atoms with Crippen LogP contribution >= 0.6 is 0 Å². The maximum atomic E-state index is 4.23. The Bertz CT molecular complexity index is 815. The summed E-state index contributed by atoms with van der Waals surface area (Å²) in [6.07, 6.45) is 5.90. The molecule has 0 bridgehead atoms. The Hall–Kier alpha value is -2.48. The Morgan fingerprint density at radius 1 is 0.818 bits per heavy atom. The van der Waals surface area contributed by atoms with Gasteiger partial charge in [-0.3, -0.25) is 4.98 Å².